The monoisotopic (exact) mass is 338 g/mol. The van der Waals surface area contributed by atoms with E-state index in [0.29, 0.717) is 0 Å². The third-order valence-corrected chi connectivity index (χ3v) is 5.14. The molecule has 1 aliphatic carbocycles. The zero-order valence-corrected chi connectivity index (χ0v) is 13.1. The quantitative estimate of drug-likeness (QED) is 0.902. The molecule has 0 aliphatic heterocycles. The third kappa shape index (κ3) is 2.42. The van der Waals surface area contributed by atoms with E-state index in [4.69, 9.17) is 15.5 Å². The summed E-state index contributed by atoms with van der Waals surface area (Å²) in [6.45, 7) is 0. The highest BCUT2D eigenvalue weighted by Crippen LogP contribution is 2.40. The second-order valence-electron chi connectivity index (χ2n) is 4.67. The Hall–Kier alpha value is -0.910. The molecule has 0 bridgehead atoms. The number of aryl methyl sites for hydroxylation is 1. The fourth-order valence-corrected chi connectivity index (χ4v) is 3.94. The maximum absolute atomic E-state index is 6.17. The molecular weight excluding hydrogens is 324 g/mol. The summed E-state index contributed by atoms with van der Waals surface area (Å²) in [5.41, 5.74) is 8.37. The second-order valence-corrected chi connectivity index (χ2v) is 6.62. The van der Waals surface area contributed by atoms with E-state index in [1.165, 1.54) is 10.6 Å². The van der Waals surface area contributed by atoms with Crippen LogP contribution in [-0.4, -0.2) is 12.1 Å². The molecule has 0 saturated carbocycles. The Morgan fingerprint density at radius 2 is 2.32 bits per heavy atom. The van der Waals surface area contributed by atoms with Crippen LogP contribution in [0, 0.1) is 0 Å². The predicted octanol–water partition coefficient (Wildman–Crippen LogP) is 3.92. The molecule has 0 fully saturated rings. The van der Waals surface area contributed by atoms with Crippen LogP contribution in [-0.2, 0) is 6.42 Å². The summed E-state index contributed by atoms with van der Waals surface area (Å²) in [4.78, 5) is 6.00. The summed E-state index contributed by atoms with van der Waals surface area (Å²) in [6, 6.07) is 6.13. The largest absolute Gasteiger partial charge is 0.496 e. The zero-order valence-electron chi connectivity index (χ0n) is 10.6. The molecule has 100 valence electrons. The topological polar surface area (TPSA) is 48.1 Å². The average Bonchev–Trinajstić information content (AvgIpc) is 2.84. The molecule has 1 heterocycles. The van der Waals surface area contributed by atoms with Gasteiger partial charge in [0.1, 0.15) is 10.8 Å². The molecule has 1 aromatic heterocycles. The molecular formula is C14H15BrN2OS. The molecule has 1 aliphatic rings. The van der Waals surface area contributed by atoms with Crippen molar-refractivity contribution in [3.63, 3.8) is 0 Å². The van der Waals surface area contributed by atoms with Crippen molar-refractivity contribution in [2.45, 2.75) is 25.3 Å². The van der Waals surface area contributed by atoms with Gasteiger partial charge in [0.25, 0.3) is 0 Å². The number of methoxy groups -OCH3 is 1. The summed E-state index contributed by atoms with van der Waals surface area (Å²) in [5, 5.41) is 1.00. The first kappa shape index (κ1) is 13.1. The Morgan fingerprint density at radius 3 is 3.05 bits per heavy atom. The van der Waals surface area contributed by atoms with Gasteiger partial charge in [0, 0.05) is 15.4 Å². The summed E-state index contributed by atoms with van der Waals surface area (Å²) >= 11 is 5.20. The van der Waals surface area contributed by atoms with Crippen molar-refractivity contribution in [3.05, 3.63) is 33.2 Å². The Kier molecular flexibility index (Phi) is 3.60. The molecule has 1 atom stereocenters. The number of aromatic nitrogens is 1. The number of rotatable bonds is 2. The van der Waals surface area contributed by atoms with Gasteiger partial charge < -0.3 is 10.5 Å². The SMILES string of the molecule is COc1ccc(Br)cc1-c1nc2c(s1)C(N)CCC2. The molecule has 5 heteroatoms. The van der Waals surface area contributed by atoms with Crippen LogP contribution in [0.4, 0.5) is 0 Å². The highest BCUT2D eigenvalue weighted by Gasteiger charge is 2.23. The van der Waals surface area contributed by atoms with E-state index in [1.54, 1.807) is 18.4 Å². The number of benzene rings is 1. The second kappa shape index (κ2) is 5.23. The normalized spacial score (nSPS) is 18.2. The summed E-state index contributed by atoms with van der Waals surface area (Å²) in [7, 11) is 1.69. The summed E-state index contributed by atoms with van der Waals surface area (Å²) < 4.78 is 6.46. The van der Waals surface area contributed by atoms with Gasteiger partial charge in [-0.1, -0.05) is 15.9 Å². The lowest BCUT2D eigenvalue weighted by Crippen LogP contribution is -2.15. The fourth-order valence-electron chi connectivity index (χ4n) is 2.42. The summed E-state index contributed by atoms with van der Waals surface area (Å²) in [5.74, 6) is 0.850. The molecule has 0 spiro atoms. The highest BCUT2D eigenvalue weighted by atomic mass is 79.9. The number of nitrogens with two attached hydrogens (primary N) is 1. The Morgan fingerprint density at radius 1 is 1.47 bits per heavy atom. The lowest BCUT2D eigenvalue weighted by atomic mass is 9.99. The first-order valence-electron chi connectivity index (χ1n) is 6.28. The molecule has 19 heavy (non-hydrogen) atoms. The maximum Gasteiger partial charge on any atom is 0.129 e. The van der Waals surface area contributed by atoms with Gasteiger partial charge in [0.2, 0.25) is 0 Å². The molecule has 0 saturated heterocycles. The number of ether oxygens (including phenoxy) is 1. The van der Waals surface area contributed by atoms with Gasteiger partial charge in [-0.15, -0.1) is 11.3 Å². The van der Waals surface area contributed by atoms with Crippen LogP contribution < -0.4 is 10.5 Å². The van der Waals surface area contributed by atoms with Crippen molar-refractivity contribution in [3.8, 4) is 16.3 Å². The van der Waals surface area contributed by atoms with Crippen LogP contribution >= 0.6 is 27.3 Å². The van der Waals surface area contributed by atoms with Gasteiger partial charge in [0.15, 0.2) is 0 Å². The first-order chi connectivity index (χ1) is 9.19. The van der Waals surface area contributed by atoms with E-state index in [9.17, 15) is 0 Å². The van der Waals surface area contributed by atoms with E-state index in [0.717, 1.165) is 40.1 Å². The van der Waals surface area contributed by atoms with E-state index < -0.39 is 0 Å². The van der Waals surface area contributed by atoms with Gasteiger partial charge in [-0.05, 0) is 37.5 Å². The van der Waals surface area contributed by atoms with Crippen LogP contribution in [0.2, 0.25) is 0 Å². The molecule has 3 rings (SSSR count). The van der Waals surface area contributed by atoms with Crippen molar-refractivity contribution in [1.29, 1.82) is 0 Å². The molecule has 1 aromatic carbocycles. The Balaban J connectivity index is 2.10. The number of fused-ring (bicyclic) bond motifs is 1. The molecule has 0 radical (unpaired) electrons. The smallest absolute Gasteiger partial charge is 0.129 e. The van der Waals surface area contributed by atoms with Crippen molar-refractivity contribution < 1.29 is 4.74 Å². The Labute approximate surface area is 124 Å². The van der Waals surface area contributed by atoms with Crippen molar-refractivity contribution in [1.82, 2.24) is 4.98 Å². The van der Waals surface area contributed by atoms with Gasteiger partial charge in [-0.3, -0.25) is 0 Å². The van der Waals surface area contributed by atoms with E-state index in [1.807, 2.05) is 12.1 Å². The minimum Gasteiger partial charge on any atom is -0.496 e. The Bertz CT molecular complexity index is 611. The fraction of sp³-hybridized carbons (Fsp3) is 0.357. The third-order valence-electron chi connectivity index (χ3n) is 3.38. The van der Waals surface area contributed by atoms with Crippen LogP contribution in [0.25, 0.3) is 10.6 Å². The minimum absolute atomic E-state index is 0.146. The van der Waals surface area contributed by atoms with E-state index in [-0.39, 0.29) is 6.04 Å². The highest BCUT2D eigenvalue weighted by molar-refractivity contribution is 9.10. The van der Waals surface area contributed by atoms with Crippen molar-refractivity contribution >= 4 is 27.3 Å². The predicted molar refractivity (Wildman–Crippen MR) is 81.7 cm³/mol. The van der Waals surface area contributed by atoms with Crippen molar-refractivity contribution in [2.75, 3.05) is 7.11 Å². The molecule has 1 unspecified atom stereocenters. The van der Waals surface area contributed by atoms with E-state index >= 15 is 0 Å². The number of halogens is 1. The molecule has 2 N–H and O–H groups in total. The average molecular weight is 339 g/mol. The van der Waals surface area contributed by atoms with Crippen molar-refractivity contribution in [2.24, 2.45) is 5.73 Å². The van der Waals surface area contributed by atoms with Gasteiger partial charge in [-0.25, -0.2) is 4.98 Å². The molecule has 0 amide bonds. The lowest BCUT2D eigenvalue weighted by Gasteiger charge is -2.15. The standard InChI is InChI=1S/C14H15BrN2OS/c1-18-12-6-5-8(15)7-9(12)14-17-11-4-2-3-10(16)13(11)19-14/h5-7,10H,2-4,16H2,1H3. The number of nitrogens with zero attached hydrogens (tertiary/aromatic N) is 1. The van der Waals surface area contributed by atoms with Crippen LogP contribution in [0.3, 0.4) is 0 Å². The molecule has 3 nitrogen and oxygen atoms in total. The van der Waals surface area contributed by atoms with Crippen LogP contribution in [0.15, 0.2) is 22.7 Å². The van der Waals surface area contributed by atoms with Gasteiger partial charge in [-0.2, -0.15) is 0 Å². The number of hydrogen-bond acceptors (Lipinski definition) is 4. The summed E-state index contributed by atoms with van der Waals surface area (Å²) in [6.07, 6.45) is 3.23. The minimum atomic E-state index is 0.146. The molecule has 2 aromatic rings. The lowest BCUT2D eigenvalue weighted by molar-refractivity contribution is 0.416. The zero-order chi connectivity index (χ0) is 13.4. The van der Waals surface area contributed by atoms with Gasteiger partial charge in [0.05, 0.1) is 18.4 Å². The number of hydrogen-bond donors (Lipinski definition) is 1. The van der Waals surface area contributed by atoms with Gasteiger partial charge >= 0.3 is 0 Å². The van der Waals surface area contributed by atoms with Crippen LogP contribution in [0.5, 0.6) is 5.75 Å². The number of thiazole rings is 1. The maximum atomic E-state index is 6.17. The first-order valence-corrected chi connectivity index (χ1v) is 7.89. The van der Waals surface area contributed by atoms with Crippen LogP contribution in [0.1, 0.15) is 29.5 Å². The van der Waals surface area contributed by atoms with E-state index in [2.05, 4.69) is 22.0 Å².